The van der Waals surface area contributed by atoms with E-state index in [0.29, 0.717) is 0 Å². The summed E-state index contributed by atoms with van der Waals surface area (Å²) in [7, 11) is 0. The lowest BCUT2D eigenvalue weighted by molar-refractivity contribution is 0.466. The van der Waals surface area contributed by atoms with Gasteiger partial charge in [0, 0.05) is 6.20 Å². The number of aromatic nitrogens is 1. The SMILES string of the molecule is Cc1ccc(C(C)Nc2nccc3occc23)o1. The van der Waals surface area contributed by atoms with E-state index in [1.165, 1.54) is 0 Å². The maximum atomic E-state index is 5.60. The minimum atomic E-state index is 0.0618. The Morgan fingerprint density at radius 2 is 2.11 bits per heavy atom. The van der Waals surface area contributed by atoms with Crippen LogP contribution in [-0.2, 0) is 0 Å². The third kappa shape index (κ3) is 1.86. The van der Waals surface area contributed by atoms with Crippen LogP contribution in [0, 0.1) is 6.92 Å². The quantitative estimate of drug-likeness (QED) is 0.756. The molecule has 0 spiro atoms. The Bertz CT molecular complexity index is 669. The van der Waals surface area contributed by atoms with E-state index in [1.807, 2.05) is 38.1 Å². The van der Waals surface area contributed by atoms with Gasteiger partial charge in [-0.2, -0.15) is 0 Å². The molecular weight excluding hydrogens is 228 g/mol. The minimum absolute atomic E-state index is 0.0618. The number of nitrogens with one attached hydrogen (secondary N) is 1. The van der Waals surface area contributed by atoms with Crippen molar-refractivity contribution in [1.29, 1.82) is 0 Å². The maximum absolute atomic E-state index is 5.60. The highest BCUT2D eigenvalue weighted by atomic mass is 16.3. The smallest absolute Gasteiger partial charge is 0.139 e. The van der Waals surface area contributed by atoms with Gasteiger partial charge in [0.15, 0.2) is 0 Å². The van der Waals surface area contributed by atoms with Gasteiger partial charge in [0.25, 0.3) is 0 Å². The average molecular weight is 242 g/mol. The van der Waals surface area contributed by atoms with Crippen molar-refractivity contribution in [3.05, 3.63) is 48.2 Å². The van der Waals surface area contributed by atoms with E-state index in [2.05, 4.69) is 10.3 Å². The van der Waals surface area contributed by atoms with Crippen LogP contribution >= 0.6 is 0 Å². The van der Waals surface area contributed by atoms with E-state index in [4.69, 9.17) is 8.83 Å². The van der Waals surface area contributed by atoms with Crippen LogP contribution in [0.5, 0.6) is 0 Å². The molecule has 0 bridgehead atoms. The molecular formula is C14H14N2O2. The molecule has 1 unspecified atom stereocenters. The average Bonchev–Trinajstić information content (AvgIpc) is 2.97. The third-order valence-corrected chi connectivity index (χ3v) is 2.92. The second-order valence-corrected chi connectivity index (χ2v) is 4.31. The molecule has 4 nitrogen and oxygen atoms in total. The van der Waals surface area contributed by atoms with Gasteiger partial charge in [-0.1, -0.05) is 0 Å². The zero-order chi connectivity index (χ0) is 12.5. The molecule has 3 heterocycles. The second kappa shape index (κ2) is 4.22. The first-order valence-corrected chi connectivity index (χ1v) is 5.89. The fraction of sp³-hybridized carbons (Fsp3) is 0.214. The van der Waals surface area contributed by atoms with Crippen molar-refractivity contribution in [2.75, 3.05) is 5.32 Å². The van der Waals surface area contributed by atoms with Crippen molar-refractivity contribution in [3.8, 4) is 0 Å². The summed E-state index contributed by atoms with van der Waals surface area (Å²) < 4.78 is 10.9. The molecule has 0 aliphatic carbocycles. The Hall–Kier alpha value is -2.23. The van der Waals surface area contributed by atoms with Gasteiger partial charge in [-0.25, -0.2) is 4.98 Å². The highest BCUT2D eigenvalue weighted by Gasteiger charge is 2.12. The predicted molar refractivity (Wildman–Crippen MR) is 69.5 cm³/mol. The fourth-order valence-corrected chi connectivity index (χ4v) is 1.97. The van der Waals surface area contributed by atoms with E-state index >= 15 is 0 Å². The molecule has 0 saturated carbocycles. The number of fused-ring (bicyclic) bond motifs is 1. The summed E-state index contributed by atoms with van der Waals surface area (Å²) in [6, 6.07) is 7.75. The number of aryl methyl sites for hydroxylation is 1. The van der Waals surface area contributed by atoms with E-state index in [0.717, 1.165) is 28.3 Å². The van der Waals surface area contributed by atoms with Gasteiger partial charge >= 0.3 is 0 Å². The Kier molecular flexibility index (Phi) is 2.55. The number of pyridine rings is 1. The lowest BCUT2D eigenvalue weighted by Crippen LogP contribution is -2.07. The fourth-order valence-electron chi connectivity index (χ4n) is 1.97. The molecule has 0 aliphatic heterocycles. The topological polar surface area (TPSA) is 51.2 Å². The Labute approximate surface area is 105 Å². The normalized spacial score (nSPS) is 12.8. The van der Waals surface area contributed by atoms with E-state index in [9.17, 15) is 0 Å². The lowest BCUT2D eigenvalue weighted by atomic mass is 10.2. The van der Waals surface area contributed by atoms with Crippen LogP contribution in [0.25, 0.3) is 11.0 Å². The second-order valence-electron chi connectivity index (χ2n) is 4.31. The Balaban J connectivity index is 1.90. The number of rotatable bonds is 3. The van der Waals surface area contributed by atoms with Gasteiger partial charge in [-0.05, 0) is 38.1 Å². The number of anilines is 1. The summed E-state index contributed by atoms with van der Waals surface area (Å²) in [5.41, 5.74) is 0.829. The van der Waals surface area contributed by atoms with Crippen LogP contribution in [0.15, 0.2) is 45.6 Å². The molecule has 18 heavy (non-hydrogen) atoms. The summed E-state index contributed by atoms with van der Waals surface area (Å²) in [5, 5.41) is 4.32. The van der Waals surface area contributed by atoms with Gasteiger partial charge in [0.05, 0.1) is 17.7 Å². The molecule has 0 radical (unpaired) electrons. The van der Waals surface area contributed by atoms with Gasteiger partial charge in [0.1, 0.15) is 22.9 Å². The Morgan fingerprint density at radius 1 is 1.22 bits per heavy atom. The maximum Gasteiger partial charge on any atom is 0.139 e. The molecule has 1 atom stereocenters. The number of hydrogen-bond donors (Lipinski definition) is 1. The predicted octanol–water partition coefficient (Wildman–Crippen LogP) is 3.90. The first-order valence-electron chi connectivity index (χ1n) is 5.89. The van der Waals surface area contributed by atoms with Crippen LogP contribution in [0.4, 0.5) is 5.82 Å². The Morgan fingerprint density at radius 3 is 2.89 bits per heavy atom. The standard InChI is InChI=1S/C14H14N2O2/c1-9-3-4-12(18-9)10(2)16-14-11-6-8-17-13(11)5-7-15-14/h3-8,10H,1-2H3,(H,15,16). The highest BCUT2D eigenvalue weighted by molar-refractivity contribution is 5.87. The van der Waals surface area contributed by atoms with Crippen LogP contribution < -0.4 is 5.32 Å². The molecule has 0 fully saturated rings. The summed E-state index contributed by atoms with van der Waals surface area (Å²) in [5.74, 6) is 2.62. The molecule has 3 aromatic heterocycles. The van der Waals surface area contributed by atoms with Gasteiger partial charge < -0.3 is 14.2 Å². The summed E-state index contributed by atoms with van der Waals surface area (Å²) >= 11 is 0. The minimum Gasteiger partial charge on any atom is -0.464 e. The van der Waals surface area contributed by atoms with Crippen LogP contribution in [0.1, 0.15) is 24.5 Å². The summed E-state index contributed by atoms with van der Waals surface area (Å²) in [6.45, 7) is 3.98. The molecule has 0 aromatic carbocycles. The van der Waals surface area contributed by atoms with E-state index in [1.54, 1.807) is 12.5 Å². The van der Waals surface area contributed by atoms with Crippen molar-refractivity contribution in [2.24, 2.45) is 0 Å². The summed E-state index contributed by atoms with van der Waals surface area (Å²) in [6.07, 6.45) is 3.40. The number of hydrogen-bond acceptors (Lipinski definition) is 4. The monoisotopic (exact) mass is 242 g/mol. The lowest BCUT2D eigenvalue weighted by Gasteiger charge is -2.12. The molecule has 0 aliphatic rings. The van der Waals surface area contributed by atoms with E-state index < -0.39 is 0 Å². The molecule has 0 amide bonds. The zero-order valence-electron chi connectivity index (χ0n) is 10.3. The van der Waals surface area contributed by atoms with Crippen molar-refractivity contribution in [1.82, 2.24) is 4.98 Å². The van der Waals surface area contributed by atoms with Crippen molar-refractivity contribution < 1.29 is 8.83 Å². The highest BCUT2D eigenvalue weighted by Crippen LogP contribution is 2.26. The number of nitrogens with zero attached hydrogens (tertiary/aromatic N) is 1. The van der Waals surface area contributed by atoms with Crippen LogP contribution in [0.3, 0.4) is 0 Å². The third-order valence-electron chi connectivity index (χ3n) is 2.92. The number of furan rings is 2. The van der Waals surface area contributed by atoms with Gasteiger partial charge in [0.2, 0.25) is 0 Å². The van der Waals surface area contributed by atoms with Gasteiger partial charge in [-0.15, -0.1) is 0 Å². The van der Waals surface area contributed by atoms with Crippen molar-refractivity contribution in [2.45, 2.75) is 19.9 Å². The van der Waals surface area contributed by atoms with Crippen molar-refractivity contribution >= 4 is 16.8 Å². The molecule has 3 aromatic rings. The van der Waals surface area contributed by atoms with Crippen LogP contribution in [0.2, 0.25) is 0 Å². The zero-order valence-corrected chi connectivity index (χ0v) is 10.3. The van der Waals surface area contributed by atoms with Gasteiger partial charge in [-0.3, -0.25) is 0 Å². The summed E-state index contributed by atoms with van der Waals surface area (Å²) in [4.78, 5) is 4.34. The van der Waals surface area contributed by atoms with Crippen LogP contribution in [-0.4, -0.2) is 4.98 Å². The van der Waals surface area contributed by atoms with E-state index in [-0.39, 0.29) is 6.04 Å². The molecule has 92 valence electrons. The van der Waals surface area contributed by atoms with Crippen molar-refractivity contribution in [3.63, 3.8) is 0 Å². The molecule has 3 rings (SSSR count). The molecule has 4 heteroatoms. The largest absolute Gasteiger partial charge is 0.464 e. The first-order chi connectivity index (χ1) is 8.74. The molecule has 1 N–H and O–H groups in total. The molecule has 0 saturated heterocycles. The first kappa shape index (κ1) is 10.9.